The number of nitrogens with one attached hydrogen (secondary N) is 2. The minimum Gasteiger partial charge on any atom is -0.371 e. The molecule has 0 bridgehead atoms. The van der Waals surface area contributed by atoms with Crippen molar-refractivity contribution in [1.82, 2.24) is 9.88 Å². The highest BCUT2D eigenvalue weighted by Crippen LogP contribution is 2.50. The molecule has 2 aromatic carbocycles. The van der Waals surface area contributed by atoms with Crippen LogP contribution in [-0.2, 0) is 11.8 Å². The number of piperidine rings is 2. The van der Waals surface area contributed by atoms with E-state index in [2.05, 4.69) is 66.4 Å². The van der Waals surface area contributed by atoms with E-state index in [1.54, 1.807) is 0 Å². The Labute approximate surface area is 215 Å². The van der Waals surface area contributed by atoms with Crippen LogP contribution in [0.1, 0.15) is 86.4 Å². The molecular formula is C32H40N4. The zero-order valence-electron chi connectivity index (χ0n) is 22.2. The molecule has 1 aromatic heterocycles. The molecule has 0 spiro atoms. The first-order valence-corrected chi connectivity index (χ1v) is 13.9. The molecule has 3 aromatic rings. The maximum absolute atomic E-state index is 7.68. The lowest BCUT2D eigenvalue weighted by atomic mass is 9.69. The molecule has 2 fully saturated rings. The van der Waals surface area contributed by atoms with E-state index in [0.29, 0.717) is 0 Å². The fraction of sp³-hybridized carbons (Fsp3) is 0.469. The summed E-state index contributed by atoms with van der Waals surface area (Å²) in [7, 11) is 0. The van der Waals surface area contributed by atoms with E-state index in [9.17, 15) is 0 Å². The van der Waals surface area contributed by atoms with Crippen LogP contribution in [0, 0.1) is 5.41 Å². The van der Waals surface area contributed by atoms with Crippen LogP contribution in [0.15, 0.2) is 36.9 Å². The molecule has 3 heterocycles. The third kappa shape index (κ3) is 3.64. The molecule has 4 nitrogen and oxygen atoms in total. The third-order valence-corrected chi connectivity index (χ3v) is 9.23. The van der Waals surface area contributed by atoms with E-state index in [0.717, 1.165) is 42.2 Å². The number of nitrogens with zero attached hydrogens (tertiary/aromatic N) is 2. The van der Waals surface area contributed by atoms with Crippen molar-refractivity contribution in [1.29, 1.82) is 5.41 Å². The Hall–Kier alpha value is -2.85. The average molecular weight is 481 g/mol. The van der Waals surface area contributed by atoms with Crippen LogP contribution in [0.3, 0.4) is 0 Å². The molecule has 0 radical (unpaired) electrons. The molecule has 2 N–H and O–H groups in total. The number of rotatable bonds is 4. The molecule has 1 aliphatic carbocycles. The van der Waals surface area contributed by atoms with E-state index >= 15 is 0 Å². The number of anilines is 1. The van der Waals surface area contributed by atoms with Crippen LogP contribution in [0.4, 0.5) is 5.69 Å². The van der Waals surface area contributed by atoms with Gasteiger partial charge >= 0.3 is 0 Å². The molecule has 4 heteroatoms. The Bertz CT molecular complexity index is 1330. The quantitative estimate of drug-likeness (QED) is 0.400. The summed E-state index contributed by atoms with van der Waals surface area (Å²) in [6.45, 7) is 16.5. The maximum Gasteiger partial charge on any atom is 0.0469 e. The molecule has 0 unspecified atom stereocenters. The van der Waals surface area contributed by atoms with Gasteiger partial charge in [-0.25, -0.2) is 0 Å². The zero-order valence-corrected chi connectivity index (χ0v) is 22.2. The van der Waals surface area contributed by atoms with Gasteiger partial charge in [0.2, 0.25) is 0 Å². The average Bonchev–Trinajstić information content (AvgIpc) is 3.32. The first kappa shape index (κ1) is 23.5. The summed E-state index contributed by atoms with van der Waals surface area (Å²) in [5.41, 5.74) is 11.0. The van der Waals surface area contributed by atoms with Crippen molar-refractivity contribution in [3.05, 3.63) is 70.4 Å². The number of aryl methyl sites for hydroxylation is 1. The zero-order chi connectivity index (χ0) is 25.0. The van der Waals surface area contributed by atoms with Crippen LogP contribution in [0.25, 0.3) is 16.5 Å². The topological polar surface area (TPSA) is 46.1 Å². The van der Waals surface area contributed by atoms with Gasteiger partial charge in [-0.2, -0.15) is 0 Å². The number of hydrogen-bond donors (Lipinski definition) is 2. The predicted molar refractivity (Wildman–Crippen MR) is 153 cm³/mol. The van der Waals surface area contributed by atoms with Gasteiger partial charge in [0.1, 0.15) is 0 Å². The smallest absolute Gasteiger partial charge is 0.0469 e. The molecule has 0 amide bonds. The number of H-pyrrole nitrogens is 1. The summed E-state index contributed by atoms with van der Waals surface area (Å²) in [4.78, 5) is 9.17. The number of fused-ring (bicyclic) bond motifs is 4. The Morgan fingerprint density at radius 1 is 1.06 bits per heavy atom. The Morgan fingerprint density at radius 3 is 2.50 bits per heavy atom. The minimum atomic E-state index is -0.150. The SMILES string of the molecule is C=C1c2cc(CC)c(N3CCC(N4CCCCC4)CC3)cc2C(C)(C)c2[nH]c3cc(C=N)ccc3c21. The van der Waals surface area contributed by atoms with Gasteiger partial charge in [0.15, 0.2) is 0 Å². The van der Waals surface area contributed by atoms with E-state index in [1.165, 1.54) is 90.4 Å². The van der Waals surface area contributed by atoms with Crippen molar-refractivity contribution in [2.45, 2.75) is 70.8 Å². The van der Waals surface area contributed by atoms with Crippen molar-refractivity contribution in [3.8, 4) is 0 Å². The Kier molecular flexibility index (Phi) is 5.83. The lowest BCUT2D eigenvalue weighted by Gasteiger charge is -2.42. The fourth-order valence-corrected chi connectivity index (χ4v) is 7.09. The van der Waals surface area contributed by atoms with Gasteiger partial charge in [-0.3, -0.25) is 0 Å². The van der Waals surface area contributed by atoms with Gasteiger partial charge in [-0.15, -0.1) is 0 Å². The first-order chi connectivity index (χ1) is 17.4. The van der Waals surface area contributed by atoms with Gasteiger partial charge in [0.25, 0.3) is 0 Å². The number of hydrogen-bond acceptors (Lipinski definition) is 3. The maximum atomic E-state index is 7.68. The number of benzene rings is 2. The van der Waals surface area contributed by atoms with Crippen LogP contribution in [0.2, 0.25) is 0 Å². The van der Waals surface area contributed by atoms with Gasteiger partial charge in [-0.1, -0.05) is 45.9 Å². The number of aromatic amines is 1. The van der Waals surface area contributed by atoms with Crippen LogP contribution in [0.5, 0.6) is 0 Å². The summed E-state index contributed by atoms with van der Waals surface area (Å²) in [5.74, 6) is 0. The standard InChI is InChI=1S/C32H40N4/c1-5-23-18-26-21(2)30-25-10-9-22(20-33)17-28(25)34-31(30)32(3,4)27(26)19-29(23)36-15-11-24(12-16-36)35-13-7-6-8-14-35/h9-10,17-20,24,33-34H,2,5-8,11-16H2,1,3-4H3. The molecule has 3 aliphatic rings. The van der Waals surface area contributed by atoms with Gasteiger partial charge < -0.3 is 20.2 Å². The second kappa shape index (κ2) is 8.92. The van der Waals surface area contributed by atoms with Crippen LogP contribution >= 0.6 is 0 Å². The summed E-state index contributed by atoms with van der Waals surface area (Å²) >= 11 is 0. The highest BCUT2D eigenvalue weighted by molar-refractivity contribution is 6.02. The van der Waals surface area contributed by atoms with Gasteiger partial charge in [-0.05, 0) is 91.2 Å². The molecule has 2 aliphatic heterocycles. The highest BCUT2D eigenvalue weighted by Gasteiger charge is 2.38. The van der Waals surface area contributed by atoms with Crippen LogP contribution < -0.4 is 4.90 Å². The second-order valence-corrected chi connectivity index (χ2v) is 11.6. The molecular weight excluding hydrogens is 440 g/mol. The monoisotopic (exact) mass is 480 g/mol. The molecule has 188 valence electrons. The largest absolute Gasteiger partial charge is 0.371 e. The lowest BCUT2D eigenvalue weighted by Crippen LogP contribution is -2.47. The third-order valence-electron chi connectivity index (χ3n) is 9.23. The normalized spacial score (nSPS) is 20.4. The van der Waals surface area contributed by atoms with Crippen molar-refractivity contribution < 1.29 is 0 Å². The highest BCUT2D eigenvalue weighted by atomic mass is 15.2. The first-order valence-electron chi connectivity index (χ1n) is 13.9. The summed E-state index contributed by atoms with van der Waals surface area (Å²) in [5, 5.41) is 8.89. The molecule has 6 rings (SSSR count). The fourth-order valence-electron chi connectivity index (χ4n) is 7.09. The van der Waals surface area contributed by atoms with Crippen molar-refractivity contribution in [2.24, 2.45) is 0 Å². The lowest BCUT2D eigenvalue weighted by molar-refractivity contribution is 0.141. The molecule has 0 atom stereocenters. The number of aromatic nitrogens is 1. The van der Waals surface area contributed by atoms with E-state index < -0.39 is 0 Å². The minimum absolute atomic E-state index is 0.150. The van der Waals surface area contributed by atoms with Gasteiger partial charge in [0, 0.05) is 58.6 Å². The van der Waals surface area contributed by atoms with E-state index in [1.807, 2.05) is 6.07 Å². The summed E-state index contributed by atoms with van der Waals surface area (Å²) in [6.07, 6.45) is 9.17. The second-order valence-electron chi connectivity index (χ2n) is 11.6. The molecule has 36 heavy (non-hydrogen) atoms. The van der Waals surface area contributed by atoms with Crippen LogP contribution in [-0.4, -0.2) is 48.3 Å². The molecule has 2 saturated heterocycles. The summed E-state index contributed by atoms with van der Waals surface area (Å²) in [6, 6.07) is 12.0. The van der Waals surface area contributed by atoms with Crippen molar-refractivity contribution >= 4 is 28.4 Å². The predicted octanol–water partition coefficient (Wildman–Crippen LogP) is 6.88. The molecule has 0 saturated carbocycles. The van der Waals surface area contributed by atoms with Crippen molar-refractivity contribution in [3.63, 3.8) is 0 Å². The van der Waals surface area contributed by atoms with E-state index in [-0.39, 0.29) is 5.41 Å². The van der Waals surface area contributed by atoms with Gasteiger partial charge in [0.05, 0.1) is 0 Å². The Morgan fingerprint density at radius 2 is 1.81 bits per heavy atom. The Balaban J connectivity index is 1.37. The number of likely N-dealkylation sites (tertiary alicyclic amines) is 1. The van der Waals surface area contributed by atoms with E-state index in [4.69, 9.17) is 5.41 Å². The summed E-state index contributed by atoms with van der Waals surface area (Å²) < 4.78 is 0. The van der Waals surface area contributed by atoms with Crippen molar-refractivity contribution in [2.75, 3.05) is 31.1 Å².